The average Bonchev–Trinajstić information content (AvgIpc) is 2.42. The van der Waals surface area contributed by atoms with Gasteiger partial charge in [-0.2, -0.15) is 0 Å². The van der Waals surface area contributed by atoms with Crippen LogP contribution in [0.1, 0.15) is 32.0 Å². The van der Waals surface area contributed by atoms with Crippen LogP contribution in [-0.4, -0.2) is 40.9 Å². The molecule has 1 aliphatic rings. The Labute approximate surface area is 119 Å². The zero-order chi connectivity index (χ0) is 14.4. The smallest absolute Gasteiger partial charge is 0.158 e. The number of aliphatic hydroxyl groups excluding tert-OH is 1. The lowest BCUT2D eigenvalue weighted by molar-refractivity contribution is 0.128. The van der Waals surface area contributed by atoms with Gasteiger partial charge in [-0.1, -0.05) is 0 Å². The second kappa shape index (κ2) is 7.37. The SMILES string of the molecule is CCOCc1nc(NN)cc(N(CCO)C2CCC2)n1. The number of anilines is 2. The topological polar surface area (TPSA) is 96.5 Å². The number of hydrogen-bond donors (Lipinski definition) is 3. The highest BCUT2D eigenvalue weighted by molar-refractivity contribution is 5.50. The molecule has 1 fully saturated rings. The van der Waals surface area contributed by atoms with Crippen LogP contribution in [-0.2, 0) is 11.3 Å². The van der Waals surface area contributed by atoms with E-state index in [9.17, 15) is 5.11 Å². The third-order valence-corrected chi connectivity index (χ3v) is 3.49. The van der Waals surface area contributed by atoms with Gasteiger partial charge >= 0.3 is 0 Å². The van der Waals surface area contributed by atoms with Gasteiger partial charge in [-0.05, 0) is 26.2 Å². The molecule has 0 unspecified atom stereocenters. The predicted octanol–water partition coefficient (Wildman–Crippen LogP) is 0.650. The molecule has 0 aliphatic heterocycles. The Balaban J connectivity index is 2.21. The lowest BCUT2D eigenvalue weighted by atomic mass is 9.91. The van der Waals surface area contributed by atoms with E-state index in [2.05, 4.69) is 20.3 Å². The fourth-order valence-corrected chi connectivity index (χ4v) is 2.25. The van der Waals surface area contributed by atoms with Crippen molar-refractivity contribution in [2.45, 2.75) is 38.8 Å². The number of ether oxygens (including phenoxy) is 1. The predicted molar refractivity (Wildman–Crippen MR) is 77.2 cm³/mol. The minimum absolute atomic E-state index is 0.104. The molecule has 0 aromatic carbocycles. The lowest BCUT2D eigenvalue weighted by Crippen LogP contribution is -2.42. The molecule has 7 nitrogen and oxygen atoms in total. The maximum atomic E-state index is 9.25. The van der Waals surface area contributed by atoms with Crippen LogP contribution in [0.3, 0.4) is 0 Å². The standard InChI is InChI=1S/C13H23N5O2/c1-2-20-9-12-15-11(17-14)8-13(16-12)18(6-7-19)10-4-3-5-10/h8,10,19H,2-7,9,14H2,1H3,(H,15,16,17). The van der Waals surface area contributed by atoms with Gasteiger partial charge in [-0.3, -0.25) is 0 Å². The molecule has 1 heterocycles. The van der Waals surface area contributed by atoms with Crippen LogP contribution < -0.4 is 16.2 Å². The third kappa shape index (κ3) is 3.56. The van der Waals surface area contributed by atoms with Crippen LogP contribution in [0.5, 0.6) is 0 Å². The van der Waals surface area contributed by atoms with E-state index >= 15 is 0 Å². The Hall–Kier alpha value is -1.44. The van der Waals surface area contributed by atoms with Gasteiger partial charge in [0.25, 0.3) is 0 Å². The number of nitrogen functional groups attached to an aromatic ring is 1. The van der Waals surface area contributed by atoms with Crippen LogP contribution in [0.15, 0.2) is 6.07 Å². The average molecular weight is 281 g/mol. The first-order valence-corrected chi connectivity index (χ1v) is 7.08. The Morgan fingerprint density at radius 3 is 2.85 bits per heavy atom. The summed E-state index contributed by atoms with van der Waals surface area (Å²) in [5.74, 6) is 7.42. The highest BCUT2D eigenvalue weighted by Crippen LogP contribution is 2.29. The summed E-state index contributed by atoms with van der Waals surface area (Å²) in [6, 6.07) is 2.26. The maximum absolute atomic E-state index is 9.25. The summed E-state index contributed by atoms with van der Waals surface area (Å²) in [6.07, 6.45) is 3.50. The van der Waals surface area contributed by atoms with Crippen LogP contribution in [0.25, 0.3) is 0 Å². The second-order valence-corrected chi connectivity index (χ2v) is 4.81. The van der Waals surface area contributed by atoms with E-state index in [1.165, 1.54) is 6.42 Å². The molecule has 0 spiro atoms. The van der Waals surface area contributed by atoms with Gasteiger partial charge in [0.2, 0.25) is 0 Å². The number of hydrogen-bond acceptors (Lipinski definition) is 7. The molecule has 1 saturated carbocycles. The Bertz CT molecular complexity index is 425. The highest BCUT2D eigenvalue weighted by atomic mass is 16.5. The first-order chi connectivity index (χ1) is 9.78. The van der Waals surface area contributed by atoms with Gasteiger partial charge in [-0.15, -0.1) is 0 Å². The quantitative estimate of drug-likeness (QED) is 0.475. The van der Waals surface area contributed by atoms with Crippen molar-refractivity contribution in [1.29, 1.82) is 0 Å². The molecule has 4 N–H and O–H groups in total. The maximum Gasteiger partial charge on any atom is 0.158 e. The molecular formula is C13H23N5O2. The molecule has 112 valence electrons. The van der Waals surface area contributed by atoms with Crippen molar-refractivity contribution in [1.82, 2.24) is 9.97 Å². The summed E-state index contributed by atoms with van der Waals surface area (Å²) in [4.78, 5) is 10.9. The van der Waals surface area contributed by atoms with E-state index in [0.717, 1.165) is 18.7 Å². The fraction of sp³-hybridized carbons (Fsp3) is 0.692. The summed E-state index contributed by atoms with van der Waals surface area (Å²) < 4.78 is 5.35. The summed E-state index contributed by atoms with van der Waals surface area (Å²) in [6.45, 7) is 3.57. The Morgan fingerprint density at radius 1 is 1.50 bits per heavy atom. The fourth-order valence-electron chi connectivity index (χ4n) is 2.25. The molecule has 20 heavy (non-hydrogen) atoms. The lowest BCUT2D eigenvalue weighted by Gasteiger charge is -2.38. The number of nitrogens with one attached hydrogen (secondary N) is 1. The molecule has 0 amide bonds. The van der Waals surface area contributed by atoms with Crippen LogP contribution in [0, 0.1) is 0 Å². The van der Waals surface area contributed by atoms with Gasteiger partial charge in [0.1, 0.15) is 18.2 Å². The van der Waals surface area contributed by atoms with Crippen molar-refractivity contribution < 1.29 is 9.84 Å². The number of hydrazine groups is 1. The van der Waals surface area contributed by atoms with Crippen molar-refractivity contribution in [2.75, 3.05) is 30.1 Å². The van der Waals surface area contributed by atoms with Crippen LogP contribution in [0.2, 0.25) is 0 Å². The van der Waals surface area contributed by atoms with Crippen LogP contribution in [0.4, 0.5) is 11.6 Å². The summed E-state index contributed by atoms with van der Waals surface area (Å²) in [7, 11) is 0. The molecule has 1 aliphatic carbocycles. The summed E-state index contributed by atoms with van der Waals surface area (Å²) >= 11 is 0. The highest BCUT2D eigenvalue weighted by Gasteiger charge is 2.26. The van der Waals surface area contributed by atoms with E-state index in [1.807, 2.05) is 13.0 Å². The number of rotatable bonds is 8. The van der Waals surface area contributed by atoms with Crippen molar-refractivity contribution in [2.24, 2.45) is 5.84 Å². The zero-order valence-corrected chi connectivity index (χ0v) is 11.9. The molecule has 2 rings (SSSR count). The molecular weight excluding hydrogens is 258 g/mol. The summed E-state index contributed by atoms with van der Waals surface area (Å²) in [5.41, 5.74) is 2.56. The van der Waals surface area contributed by atoms with Gasteiger partial charge in [0, 0.05) is 25.3 Å². The van der Waals surface area contributed by atoms with Crippen molar-refractivity contribution >= 4 is 11.6 Å². The van der Waals surface area contributed by atoms with Crippen molar-refractivity contribution in [3.63, 3.8) is 0 Å². The van der Waals surface area contributed by atoms with Crippen LogP contribution >= 0.6 is 0 Å². The summed E-state index contributed by atoms with van der Waals surface area (Å²) in [5, 5.41) is 9.25. The first kappa shape index (κ1) is 15.0. The van der Waals surface area contributed by atoms with Crippen molar-refractivity contribution in [3.05, 3.63) is 11.9 Å². The molecule has 7 heteroatoms. The van der Waals surface area contributed by atoms with Gasteiger partial charge in [0.05, 0.1) is 6.61 Å². The number of nitrogens with zero attached hydrogens (tertiary/aromatic N) is 3. The third-order valence-electron chi connectivity index (χ3n) is 3.49. The molecule has 0 saturated heterocycles. The van der Waals surface area contributed by atoms with E-state index < -0.39 is 0 Å². The minimum Gasteiger partial charge on any atom is -0.395 e. The minimum atomic E-state index is 0.104. The number of nitrogens with two attached hydrogens (primary N) is 1. The monoisotopic (exact) mass is 281 g/mol. The number of aliphatic hydroxyl groups is 1. The zero-order valence-electron chi connectivity index (χ0n) is 11.9. The second-order valence-electron chi connectivity index (χ2n) is 4.81. The van der Waals surface area contributed by atoms with E-state index in [0.29, 0.717) is 37.4 Å². The van der Waals surface area contributed by atoms with Gasteiger partial charge < -0.3 is 20.2 Å². The molecule has 1 aromatic rings. The van der Waals surface area contributed by atoms with Gasteiger partial charge in [0.15, 0.2) is 5.82 Å². The Kier molecular flexibility index (Phi) is 5.51. The molecule has 0 radical (unpaired) electrons. The normalized spacial score (nSPS) is 14.9. The number of aromatic nitrogens is 2. The molecule has 1 aromatic heterocycles. The molecule has 0 atom stereocenters. The largest absolute Gasteiger partial charge is 0.395 e. The van der Waals surface area contributed by atoms with E-state index in [1.54, 1.807) is 0 Å². The van der Waals surface area contributed by atoms with E-state index in [4.69, 9.17) is 10.6 Å². The van der Waals surface area contributed by atoms with E-state index in [-0.39, 0.29) is 6.61 Å². The van der Waals surface area contributed by atoms with Gasteiger partial charge in [-0.25, -0.2) is 15.8 Å². The first-order valence-electron chi connectivity index (χ1n) is 7.08. The molecule has 0 bridgehead atoms. The Morgan fingerprint density at radius 2 is 2.30 bits per heavy atom. The van der Waals surface area contributed by atoms with Crippen molar-refractivity contribution in [3.8, 4) is 0 Å².